The van der Waals surface area contributed by atoms with Crippen LogP contribution in [0.2, 0.25) is 0 Å². The van der Waals surface area contributed by atoms with Gasteiger partial charge in [0.2, 0.25) is 0 Å². The highest BCUT2D eigenvalue weighted by molar-refractivity contribution is 7.11. The number of thiophene rings is 1. The van der Waals surface area contributed by atoms with Crippen molar-refractivity contribution in [3.63, 3.8) is 0 Å². The Kier molecular flexibility index (Phi) is 3.47. The minimum absolute atomic E-state index is 0.112. The van der Waals surface area contributed by atoms with Gasteiger partial charge in [-0.25, -0.2) is 4.98 Å². The highest BCUT2D eigenvalue weighted by atomic mass is 32.1. The van der Waals surface area contributed by atoms with E-state index in [4.69, 9.17) is 0 Å². The first-order valence-corrected chi connectivity index (χ1v) is 7.49. The topological polar surface area (TPSA) is 59.8 Å². The summed E-state index contributed by atoms with van der Waals surface area (Å²) in [7, 11) is 1.85. The molecule has 3 aromatic heterocycles. The molecule has 0 radical (unpaired) electrons. The first kappa shape index (κ1) is 13.8. The van der Waals surface area contributed by atoms with Crippen molar-refractivity contribution < 1.29 is 4.79 Å². The molecule has 0 aliphatic heterocycles. The fraction of sp³-hybridized carbons (Fsp3) is 0.267. The molecule has 21 heavy (non-hydrogen) atoms. The van der Waals surface area contributed by atoms with E-state index in [0.29, 0.717) is 12.1 Å². The molecule has 0 aromatic carbocycles. The van der Waals surface area contributed by atoms with Gasteiger partial charge in [0.1, 0.15) is 0 Å². The molecule has 0 saturated carbocycles. The normalized spacial score (nSPS) is 11.0. The maximum atomic E-state index is 12.2. The molecule has 0 aliphatic rings. The average Bonchev–Trinajstić information content (AvgIpc) is 3.00. The van der Waals surface area contributed by atoms with Gasteiger partial charge in [-0.05, 0) is 32.0 Å². The van der Waals surface area contributed by atoms with Crippen molar-refractivity contribution in [3.05, 3.63) is 45.4 Å². The minimum Gasteiger partial charge on any atom is -0.347 e. The molecule has 6 heteroatoms. The standard InChI is InChI=1S/C15H16N4OS/c1-9-4-5-12(21-9)8-17-15(20)11-6-13-10(2)18-19(3)14(13)16-7-11/h4-7H,8H2,1-3H3,(H,17,20). The lowest BCUT2D eigenvalue weighted by Gasteiger charge is -2.04. The van der Waals surface area contributed by atoms with Gasteiger partial charge in [-0.2, -0.15) is 5.10 Å². The molecule has 108 valence electrons. The summed E-state index contributed by atoms with van der Waals surface area (Å²) in [5, 5.41) is 8.15. The van der Waals surface area contributed by atoms with Crippen LogP contribution in [0.3, 0.4) is 0 Å². The molecule has 3 rings (SSSR count). The smallest absolute Gasteiger partial charge is 0.253 e. The van der Waals surface area contributed by atoms with E-state index < -0.39 is 0 Å². The Balaban J connectivity index is 1.79. The lowest BCUT2D eigenvalue weighted by molar-refractivity contribution is 0.0951. The van der Waals surface area contributed by atoms with Crippen LogP contribution in [0.4, 0.5) is 0 Å². The fourth-order valence-electron chi connectivity index (χ4n) is 2.28. The predicted molar refractivity (Wildman–Crippen MR) is 83.5 cm³/mol. The van der Waals surface area contributed by atoms with E-state index in [2.05, 4.69) is 28.4 Å². The monoisotopic (exact) mass is 300 g/mol. The van der Waals surface area contributed by atoms with E-state index in [0.717, 1.165) is 21.6 Å². The Morgan fingerprint density at radius 1 is 1.38 bits per heavy atom. The molecule has 3 aromatic rings. The van der Waals surface area contributed by atoms with E-state index in [1.165, 1.54) is 4.88 Å². The molecule has 3 heterocycles. The molecule has 0 bridgehead atoms. The van der Waals surface area contributed by atoms with E-state index in [1.54, 1.807) is 22.2 Å². The van der Waals surface area contributed by atoms with Crippen LogP contribution < -0.4 is 5.32 Å². The van der Waals surface area contributed by atoms with Crippen LogP contribution in [-0.4, -0.2) is 20.7 Å². The summed E-state index contributed by atoms with van der Waals surface area (Å²) in [5.74, 6) is -0.112. The number of amides is 1. The van der Waals surface area contributed by atoms with Crippen LogP contribution in [0.25, 0.3) is 11.0 Å². The van der Waals surface area contributed by atoms with Crippen molar-refractivity contribution in [3.8, 4) is 0 Å². The zero-order chi connectivity index (χ0) is 15.0. The molecule has 1 amide bonds. The zero-order valence-electron chi connectivity index (χ0n) is 12.2. The van der Waals surface area contributed by atoms with Gasteiger partial charge in [-0.15, -0.1) is 11.3 Å². The zero-order valence-corrected chi connectivity index (χ0v) is 13.0. The third-order valence-corrected chi connectivity index (χ3v) is 4.35. The summed E-state index contributed by atoms with van der Waals surface area (Å²) in [5.41, 5.74) is 2.23. The van der Waals surface area contributed by atoms with Crippen LogP contribution in [0.1, 0.15) is 25.8 Å². The number of fused-ring (bicyclic) bond motifs is 1. The Morgan fingerprint density at radius 2 is 2.19 bits per heavy atom. The number of nitrogens with one attached hydrogen (secondary N) is 1. The second kappa shape index (κ2) is 5.29. The first-order chi connectivity index (χ1) is 10.0. The number of nitrogens with zero attached hydrogens (tertiary/aromatic N) is 3. The number of aryl methyl sites for hydroxylation is 3. The quantitative estimate of drug-likeness (QED) is 0.808. The summed E-state index contributed by atoms with van der Waals surface area (Å²) < 4.78 is 1.72. The van der Waals surface area contributed by atoms with Crippen molar-refractivity contribution in [2.45, 2.75) is 20.4 Å². The Morgan fingerprint density at radius 3 is 2.90 bits per heavy atom. The number of pyridine rings is 1. The number of hydrogen-bond acceptors (Lipinski definition) is 4. The summed E-state index contributed by atoms with van der Waals surface area (Å²) in [4.78, 5) is 18.9. The van der Waals surface area contributed by atoms with Gasteiger partial charge in [-0.1, -0.05) is 0 Å². The van der Waals surface area contributed by atoms with Gasteiger partial charge in [0, 0.05) is 28.4 Å². The van der Waals surface area contributed by atoms with E-state index >= 15 is 0 Å². The third-order valence-electron chi connectivity index (χ3n) is 3.34. The lowest BCUT2D eigenvalue weighted by Crippen LogP contribution is -2.22. The van der Waals surface area contributed by atoms with Gasteiger partial charge >= 0.3 is 0 Å². The van der Waals surface area contributed by atoms with Crippen molar-refractivity contribution in [1.82, 2.24) is 20.1 Å². The Bertz CT molecular complexity index is 818. The summed E-state index contributed by atoms with van der Waals surface area (Å²) in [6.07, 6.45) is 1.60. The molecule has 1 N–H and O–H groups in total. The summed E-state index contributed by atoms with van der Waals surface area (Å²) in [6, 6.07) is 5.94. The molecule has 0 aliphatic carbocycles. The largest absolute Gasteiger partial charge is 0.347 e. The van der Waals surface area contributed by atoms with Crippen molar-refractivity contribution in [2.75, 3.05) is 0 Å². The fourth-order valence-corrected chi connectivity index (χ4v) is 3.11. The van der Waals surface area contributed by atoms with Gasteiger partial charge in [0.25, 0.3) is 5.91 Å². The predicted octanol–water partition coefficient (Wildman–Crippen LogP) is 2.58. The average molecular weight is 300 g/mol. The maximum Gasteiger partial charge on any atom is 0.253 e. The van der Waals surface area contributed by atoms with E-state index in [1.807, 2.05) is 26.1 Å². The summed E-state index contributed by atoms with van der Waals surface area (Å²) >= 11 is 1.69. The molecule has 0 atom stereocenters. The third kappa shape index (κ3) is 2.67. The van der Waals surface area contributed by atoms with E-state index in [-0.39, 0.29) is 5.91 Å². The number of rotatable bonds is 3. The van der Waals surface area contributed by atoms with E-state index in [9.17, 15) is 4.79 Å². The Labute approximate surface area is 126 Å². The summed E-state index contributed by atoms with van der Waals surface area (Å²) in [6.45, 7) is 4.51. The molecular formula is C15H16N4OS. The number of carbonyl (C=O) groups excluding carboxylic acids is 1. The molecule has 5 nitrogen and oxygen atoms in total. The molecule has 0 saturated heterocycles. The highest BCUT2D eigenvalue weighted by Crippen LogP contribution is 2.17. The van der Waals surface area contributed by atoms with Crippen molar-refractivity contribution >= 4 is 28.3 Å². The number of carbonyl (C=O) groups is 1. The maximum absolute atomic E-state index is 12.2. The van der Waals surface area contributed by atoms with Gasteiger partial charge < -0.3 is 5.32 Å². The van der Waals surface area contributed by atoms with Gasteiger partial charge in [0.15, 0.2) is 5.65 Å². The lowest BCUT2D eigenvalue weighted by atomic mass is 10.2. The second-order valence-electron chi connectivity index (χ2n) is 5.00. The van der Waals surface area contributed by atoms with Crippen LogP contribution in [0.15, 0.2) is 24.4 Å². The molecular weight excluding hydrogens is 284 g/mol. The molecule has 0 unspecified atom stereocenters. The second-order valence-corrected chi connectivity index (χ2v) is 6.37. The SMILES string of the molecule is Cc1ccc(CNC(=O)c2cnc3c(c2)c(C)nn3C)s1. The van der Waals surface area contributed by atoms with Crippen LogP contribution >= 0.6 is 11.3 Å². The Hall–Kier alpha value is -2.21. The van der Waals surface area contributed by atoms with Gasteiger partial charge in [0.05, 0.1) is 17.8 Å². The first-order valence-electron chi connectivity index (χ1n) is 6.67. The van der Waals surface area contributed by atoms with Gasteiger partial charge in [-0.3, -0.25) is 9.48 Å². The molecule has 0 fully saturated rings. The molecule has 0 spiro atoms. The van der Waals surface area contributed by atoms with Crippen LogP contribution in [0.5, 0.6) is 0 Å². The number of hydrogen-bond donors (Lipinski definition) is 1. The van der Waals surface area contributed by atoms with Crippen molar-refractivity contribution in [2.24, 2.45) is 7.05 Å². The van der Waals surface area contributed by atoms with Crippen molar-refractivity contribution in [1.29, 1.82) is 0 Å². The number of aromatic nitrogens is 3. The minimum atomic E-state index is -0.112. The van der Waals surface area contributed by atoms with Crippen LogP contribution in [0, 0.1) is 13.8 Å². The highest BCUT2D eigenvalue weighted by Gasteiger charge is 2.11. The van der Waals surface area contributed by atoms with Crippen LogP contribution in [-0.2, 0) is 13.6 Å².